The van der Waals surface area contributed by atoms with Crippen molar-refractivity contribution >= 4 is 29.1 Å². The number of nitrogens with zero attached hydrogens (tertiary/aromatic N) is 1. The van der Waals surface area contributed by atoms with E-state index in [0.29, 0.717) is 22.9 Å². The topological polar surface area (TPSA) is 95.9 Å². The monoisotopic (exact) mass is 416 g/mol. The van der Waals surface area contributed by atoms with Crippen LogP contribution in [-0.2, 0) is 4.79 Å². The highest BCUT2D eigenvalue weighted by atomic mass is 16.5. The van der Waals surface area contributed by atoms with Crippen molar-refractivity contribution < 1.29 is 24.2 Å². The second kappa shape index (κ2) is 7.95. The van der Waals surface area contributed by atoms with Crippen LogP contribution >= 0.6 is 0 Å². The van der Waals surface area contributed by atoms with Crippen LogP contribution in [0.3, 0.4) is 0 Å². The number of carbonyl (C=O) groups excluding carboxylic acids is 3. The van der Waals surface area contributed by atoms with Crippen LogP contribution in [0.1, 0.15) is 34.6 Å². The molecule has 1 heterocycles. The molecule has 2 N–H and O–H groups in total. The normalized spacial score (nSPS) is 12.8. The minimum absolute atomic E-state index is 0.0443. The molecule has 3 aromatic carbocycles. The molecule has 0 radical (unpaired) electrons. The van der Waals surface area contributed by atoms with Crippen molar-refractivity contribution in [3.63, 3.8) is 0 Å². The third-order valence-electron chi connectivity index (χ3n) is 4.83. The van der Waals surface area contributed by atoms with Crippen LogP contribution < -0.4 is 15.0 Å². The molecule has 0 fully saturated rings. The predicted octanol–water partition coefficient (Wildman–Crippen LogP) is 4.58. The fourth-order valence-electron chi connectivity index (χ4n) is 3.18. The number of hydrogen-bond donors (Lipinski definition) is 2. The van der Waals surface area contributed by atoms with Gasteiger partial charge in [0.05, 0.1) is 16.8 Å². The Balaban J connectivity index is 1.57. The lowest BCUT2D eigenvalue weighted by molar-refractivity contribution is -0.118. The Bertz CT molecular complexity index is 1180. The van der Waals surface area contributed by atoms with E-state index in [9.17, 15) is 19.5 Å². The molecule has 0 aliphatic carbocycles. The number of anilines is 2. The van der Waals surface area contributed by atoms with Gasteiger partial charge >= 0.3 is 0 Å². The molecule has 0 unspecified atom stereocenters. The second-order valence-corrected chi connectivity index (χ2v) is 7.44. The Morgan fingerprint density at radius 3 is 2.29 bits per heavy atom. The number of imide groups is 1. The number of rotatable bonds is 5. The van der Waals surface area contributed by atoms with Gasteiger partial charge in [0.15, 0.2) is 0 Å². The molecule has 0 bridgehead atoms. The molecule has 0 saturated carbocycles. The molecule has 156 valence electrons. The number of phenolic OH excluding ortho intramolecular Hbond substituents is 1. The minimum atomic E-state index is -0.464. The maximum absolute atomic E-state index is 12.9. The summed E-state index contributed by atoms with van der Waals surface area (Å²) in [4.78, 5) is 38.6. The van der Waals surface area contributed by atoms with Gasteiger partial charge in [-0.1, -0.05) is 19.9 Å². The summed E-state index contributed by atoms with van der Waals surface area (Å²) in [7, 11) is 0. The summed E-state index contributed by atoms with van der Waals surface area (Å²) in [5.74, 6) is -0.240. The Kier molecular flexibility index (Phi) is 5.17. The first kappa shape index (κ1) is 20.2. The van der Waals surface area contributed by atoms with Gasteiger partial charge in [0, 0.05) is 17.7 Å². The van der Waals surface area contributed by atoms with Gasteiger partial charge in [0.2, 0.25) is 5.91 Å². The molecule has 7 heteroatoms. The molecule has 1 aliphatic rings. The van der Waals surface area contributed by atoms with E-state index >= 15 is 0 Å². The van der Waals surface area contributed by atoms with Crippen molar-refractivity contribution in [3.05, 3.63) is 77.9 Å². The third kappa shape index (κ3) is 3.98. The van der Waals surface area contributed by atoms with Crippen molar-refractivity contribution in [2.75, 3.05) is 10.2 Å². The van der Waals surface area contributed by atoms with Crippen LogP contribution in [0.25, 0.3) is 0 Å². The van der Waals surface area contributed by atoms with Gasteiger partial charge < -0.3 is 15.2 Å². The molecule has 0 atom stereocenters. The molecule has 0 spiro atoms. The van der Waals surface area contributed by atoms with E-state index in [0.717, 1.165) is 4.90 Å². The van der Waals surface area contributed by atoms with Crippen LogP contribution in [0.15, 0.2) is 66.7 Å². The van der Waals surface area contributed by atoms with Crippen LogP contribution in [-0.4, -0.2) is 22.8 Å². The largest absolute Gasteiger partial charge is 0.508 e. The maximum atomic E-state index is 12.9. The Morgan fingerprint density at radius 2 is 1.58 bits per heavy atom. The van der Waals surface area contributed by atoms with Crippen LogP contribution in [0, 0.1) is 5.92 Å². The highest BCUT2D eigenvalue weighted by molar-refractivity contribution is 6.34. The van der Waals surface area contributed by atoms with Crippen molar-refractivity contribution in [1.82, 2.24) is 0 Å². The molecule has 7 nitrogen and oxygen atoms in total. The third-order valence-corrected chi connectivity index (χ3v) is 4.83. The van der Waals surface area contributed by atoms with Crippen LogP contribution in [0.2, 0.25) is 0 Å². The molecule has 3 amide bonds. The number of carbonyl (C=O) groups is 3. The fraction of sp³-hybridized carbons (Fsp3) is 0.125. The van der Waals surface area contributed by atoms with Crippen molar-refractivity contribution in [2.45, 2.75) is 13.8 Å². The van der Waals surface area contributed by atoms with E-state index in [2.05, 4.69) is 5.32 Å². The zero-order valence-electron chi connectivity index (χ0n) is 17.0. The Hall–Kier alpha value is -4.13. The van der Waals surface area contributed by atoms with Gasteiger partial charge in [-0.25, -0.2) is 4.90 Å². The lowest BCUT2D eigenvalue weighted by Gasteiger charge is -2.13. The van der Waals surface area contributed by atoms with E-state index in [-0.39, 0.29) is 28.7 Å². The lowest BCUT2D eigenvalue weighted by Crippen LogP contribution is -2.29. The summed E-state index contributed by atoms with van der Waals surface area (Å²) in [6.07, 6.45) is 0. The van der Waals surface area contributed by atoms with E-state index in [1.165, 1.54) is 30.3 Å². The highest BCUT2D eigenvalue weighted by Gasteiger charge is 2.37. The summed E-state index contributed by atoms with van der Waals surface area (Å²) in [5, 5.41) is 12.3. The first-order chi connectivity index (χ1) is 14.8. The summed E-state index contributed by atoms with van der Waals surface area (Å²) in [5.41, 5.74) is 1.49. The van der Waals surface area contributed by atoms with E-state index in [4.69, 9.17) is 4.74 Å². The molecule has 3 aromatic rings. The number of phenols is 1. The van der Waals surface area contributed by atoms with Gasteiger partial charge in [-0.05, 0) is 54.6 Å². The summed E-state index contributed by atoms with van der Waals surface area (Å²) < 4.78 is 5.86. The maximum Gasteiger partial charge on any atom is 0.266 e. The first-order valence-electron chi connectivity index (χ1n) is 9.74. The van der Waals surface area contributed by atoms with Gasteiger partial charge in [-0.15, -0.1) is 0 Å². The average molecular weight is 416 g/mol. The zero-order valence-corrected chi connectivity index (χ0v) is 17.0. The second-order valence-electron chi connectivity index (χ2n) is 7.44. The first-order valence-corrected chi connectivity index (χ1v) is 9.74. The summed E-state index contributed by atoms with van der Waals surface area (Å²) in [6, 6.07) is 17.5. The lowest BCUT2D eigenvalue weighted by atomic mass is 10.1. The number of amides is 3. The SMILES string of the molecule is CC(C)C(=O)Nc1cccc(Oc2ccc3c(c2)C(=O)N(c2ccc(O)cc2)C3=O)c1. The van der Waals surface area contributed by atoms with Gasteiger partial charge in [-0.3, -0.25) is 14.4 Å². The highest BCUT2D eigenvalue weighted by Crippen LogP contribution is 2.33. The van der Waals surface area contributed by atoms with E-state index in [1.807, 2.05) is 0 Å². The van der Waals surface area contributed by atoms with Gasteiger partial charge in [0.25, 0.3) is 11.8 Å². The summed E-state index contributed by atoms with van der Waals surface area (Å²) >= 11 is 0. The number of nitrogens with one attached hydrogen (secondary N) is 1. The number of fused-ring (bicyclic) bond motifs is 1. The molecular weight excluding hydrogens is 396 g/mol. The molecule has 0 saturated heterocycles. The van der Waals surface area contributed by atoms with Crippen LogP contribution in [0.5, 0.6) is 17.2 Å². The quantitative estimate of drug-likeness (QED) is 0.594. The predicted molar refractivity (Wildman–Crippen MR) is 116 cm³/mol. The Morgan fingerprint density at radius 1 is 0.903 bits per heavy atom. The molecule has 0 aromatic heterocycles. The van der Waals surface area contributed by atoms with Crippen molar-refractivity contribution in [2.24, 2.45) is 5.92 Å². The number of benzene rings is 3. The van der Waals surface area contributed by atoms with E-state index < -0.39 is 11.8 Å². The number of hydrogen-bond acceptors (Lipinski definition) is 5. The van der Waals surface area contributed by atoms with Gasteiger partial charge in [-0.2, -0.15) is 0 Å². The van der Waals surface area contributed by atoms with Crippen LogP contribution in [0.4, 0.5) is 11.4 Å². The fourth-order valence-corrected chi connectivity index (χ4v) is 3.18. The van der Waals surface area contributed by atoms with E-state index in [1.54, 1.807) is 50.2 Å². The smallest absolute Gasteiger partial charge is 0.266 e. The van der Waals surface area contributed by atoms with Crippen molar-refractivity contribution in [3.8, 4) is 17.2 Å². The molecular formula is C24H20N2O5. The summed E-state index contributed by atoms with van der Waals surface area (Å²) in [6.45, 7) is 3.61. The number of aromatic hydroxyl groups is 1. The molecule has 1 aliphatic heterocycles. The van der Waals surface area contributed by atoms with Crippen molar-refractivity contribution in [1.29, 1.82) is 0 Å². The standard InChI is InChI=1S/C24H20N2O5/c1-14(2)22(28)25-15-4-3-5-18(12-15)31-19-10-11-20-21(13-19)24(30)26(23(20)29)16-6-8-17(27)9-7-16/h3-14,27H,1-2H3,(H,25,28). The average Bonchev–Trinajstić information content (AvgIpc) is 2.99. The zero-order chi connectivity index (χ0) is 22.1. The minimum Gasteiger partial charge on any atom is -0.508 e. The molecule has 4 rings (SSSR count). The Labute approximate surface area is 178 Å². The number of ether oxygens (including phenoxy) is 1. The van der Waals surface area contributed by atoms with Gasteiger partial charge in [0.1, 0.15) is 17.2 Å². The molecule has 31 heavy (non-hydrogen) atoms.